The maximum atomic E-state index is 4.09. The smallest absolute Gasteiger partial charge is 0.243 e. The molecule has 2 nitrogen and oxygen atoms in total. The third-order valence-electron chi connectivity index (χ3n) is 1.30. The molecule has 2 rings (SSSR count). The molecule has 1 aromatic rings. The molecule has 0 atom stereocenters. The van der Waals surface area contributed by atoms with E-state index in [-0.39, 0.29) is 0 Å². The lowest BCUT2D eigenvalue weighted by Gasteiger charge is -1.89. The zero-order chi connectivity index (χ0) is 6.81. The second-order valence-electron chi connectivity index (χ2n) is 1.96. The van der Waals surface area contributed by atoms with E-state index in [9.17, 15) is 0 Å². The molecule has 0 bridgehead atoms. The molecular formula is C8H5N2+. The van der Waals surface area contributed by atoms with Crippen LogP contribution in [-0.2, 0) is 0 Å². The van der Waals surface area contributed by atoms with Crippen molar-refractivity contribution in [3.05, 3.63) is 24.3 Å². The summed E-state index contributed by atoms with van der Waals surface area (Å²) in [5.74, 6) is 0. The average molecular weight is 129 g/mol. The Hall–Kier alpha value is -1.44. The first-order chi connectivity index (χ1) is 4.97. The highest BCUT2D eigenvalue weighted by atomic mass is 14.9. The fourth-order valence-electron chi connectivity index (χ4n) is 0.848. The van der Waals surface area contributed by atoms with Gasteiger partial charge >= 0.3 is 5.69 Å². The number of hydrogen-bond acceptors (Lipinski definition) is 2. The minimum atomic E-state index is 0.824. The molecule has 2 radical (unpaired) electrons. The van der Waals surface area contributed by atoms with Gasteiger partial charge in [-0.1, -0.05) is 6.07 Å². The molecule has 0 aromatic heterocycles. The number of para-hydroxylation sites is 1. The number of hydrogen-bond donors (Lipinski definition) is 0. The third kappa shape index (κ3) is 0.739. The summed E-state index contributed by atoms with van der Waals surface area (Å²) >= 11 is 0. The van der Waals surface area contributed by atoms with E-state index in [0.717, 1.165) is 11.4 Å². The van der Waals surface area contributed by atoms with E-state index in [1.54, 1.807) is 12.4 Å². The predicted octanol–water partition coefficient (Wildman–Crippen LogP) is 1.24. The molecule has 0 spiro atoms. The zero-order valence-corrected chi connectivity index (χ0v) is 5.28. The molecule has 10 heavy (non-hydrogen) atoms. The molecule has 1 heterocycles. The van der Waals surface area contributed by atoms with Crippen LogP contribution in [0.2, 0.25) is 0 Å². The summed E-state index contributed by atoms with van der Waals surface area (Å²) in [6, 6.07) is 8.62. The molecule has 2 heteroatoms. The van der Waals surface area contributed by atoms with Gasteiger partial charge < -0.3 is 0 Å². The summed E-state index contributed by atoms with van der Waals surface area (Å²) in [5.41, 5.74) is 1.72. The van der Waals surface area contributed by atoms with Crippen molar-refractivity contribution >= 4 is 23.8 Å². The summed E-state index contributed by atoms with van der Waals surface area (Å²) in [4.78, 5) is 8.15. The molecule has 1 aliphatic rings. The fraction of sp³-hybridized carbons (Fsp3) is 0. The molecule has 0 saturated carbocycles. The van der Waals surface area contributed by atoms with Crippen LogP contribution in [0.15, 0.2) is 23.2 Å². The van der Waals surface area contributed by atoms with Crippen LogP contribution in [0.3, 0.4) is 0 Å². The SMILES string of the molecule is [c]1cccc2c1[N+]=CC=N2. The lowest BCUT2D eigenvalue weighted by molar-refractivity contribution is 1.35. The fourth-order valence-corrected chi connectivity index (χ4v) is 0.848. The summed E-state index contributed by atoms with van der Waals surface area (Å²) in [6.45, 7) is 0. The first-order valence-corrected chi connectivity index (χ1v) is 3.04. The standard InChI is InChI=1S/C8H5N2/c1-2-4-8-7(3-1)9-5-6-10-8/h1-3,5-6H/q+1. The average Bonchev–Trinajstić information content (AvgIpc) is 2.05. The first-order valence-electron chi connectivity index (χ1n) is 3.04. The Morgan fingerprint density at radius 1 is 1.50 bits per heavy atom. The van der Waals surface area contributed by atoms with Gasteiger partial charge in [-0.15, -0.1) is 0 Å². The quantitative estimate of drug-likeness (QED) is 0.504. The second kappa shape index (κ2) is 2.06. The van der Waals surface area contributed by atoms with Crippen LogP contribution in [0.4, 0.5) is 11.4 Å². The van der Waals surface area contributed by atoms with Crippen LogP contribution in [0.25, 0.3) is 0 Å². The number of nitrogens with zero attached hydrogens (tertiary/aromatic N) is 2. The Labute approximate surface area is 58.9 Å². The Morgan fingerprint density at radius 2 is 2.50 bits per heavy atom. The minimum Gasteiger partial charge on any atom is -0.243 e. The lowest BCUT2D eigenvalue weighted by Crippen LogP contribution is -1.92. The summed E-state index contributed by atoms with van der Waals surface area (Å²) in [6.07, 6.45) is 3.34. The van der Waals surface area contributed by atoms with E-state index >= 15 is 0 Å². The predicted molar refractivity (Wildman–Crippen MR) is 41.3 cm³/mol. The van der Waals surface area contributed by atoms with Crippen molar-refractivity contribution in [3.8, 4) is 0 Å². The van der Waals surface area contributed by atoms with Crippen LogP contribution in [0, 0.1) is 6.07 Å². The minimum absolute atomic E-state index is 0.824. The molecule has 0 amide bonds. The van der Waals surface area contributed by atoms with E-state index in [4.69, 9.17) is 0 Å². The van der Waals surface area contributed by atoms with Crippen LogP contribution in [0.5, 0.6) is 0 Å². The van der Waals surface area contributed by atoms with Gasteiger partial charge in [-0.25, -0.2) is 4.99 Å². The van der Waals surface area contributed by atoms with Crippen molar-refractivity contribution in [2.24, 2.45) is 4.99 Å². The summed E-state index contributed by atoms with van der Waals surface area (Å²) in [7, 11) is 0. The van der Waals surface area contributed by atoms with Gasteiger partial charge in [0.25, 0.3) is 6.21 Å². The molecule has 0 N–H and O–H groups in total. The van der Waals surface area contributed by atoms with Gasteiger partial charge in [0.15, 0.2) is 0 Å². The maximum absolute atomic E-state index is 4.09. The van der Waals surface area contributed by atoms with E-state index in [0.29, 0.717) is 0 Å². The first kappa shape index (κ1) is 5.35. The van der Waals surface area contributed by atoms with Crippen LogP contribution < -0.4 is 4.99 Å². The van der Waals surface area contributed by atoms with Crippen molar-refractivity contribution in [3.63, 3.8) is 0 Å². The lowest BCUT2D eigenvalue weighted by atomic mass is 10.2. The molecule has 0 fully saturated rings. The van der Waals surface area contributed by atoms with Crippen molar-refractivity contribution < 1.29 is 0 Å². The zero-order valence-electron chi connectivity index (χ0n) is 5.28. The Morgan fingerprint density at radius 3 is 3.40 bits per heavy atom. The van der Waals surface area contributed by atoms with Crippen molar-refractivity contribution in [1.29, 1.82) is 0 Å². The summed E-state index contributed by atoms with van der Waals surface area (Å²) in [5, 5.41) is 0. The number of rotatable bonds is 0. The van der Waals surface area contributed by atoms with Gasteiger partial charge in [0.2, 0.25) is 0 Å². The van der Waals surface area contributed by atoms with Gasteiger partial charge in [0, 0.05) is 0 Å². The number of fused-ring (bicyclic) bond motifs is 1. The Balaban J connectivity index is 2.65. The van der Waals surface area contributed by atoms with Crippen molar-refractivity contribution in [1.82, 2.24) is 4.99 Å². The normalized spacial score (nSPS) is 13.2. The van der Waals surface area contributed by atoms with Gasteiger partial charge in [-0.2, -0.15) is 0 Å². The molecule has 0 saturated heterocycles. The van der Waals surface area contributed by atoms with Gasteiger partial charge in [-0.05, 0) is 12.1 Å². The van der Waals surface area contributed by atoms with Crippen molar-refractivity contribution in [2.45, 2.75) is 0 Å². The van der Waals surface area contributed by atoms with Crippen LogP contribution >= 0.6 is 0 Å². The molecule has 46 valence electrons. The molecule has 0 unspecified atom stereocenters. The van der Waals surface area contributed by atoms with Crippen LogP contribution in [-0.4, -0.2) is 12.4 Å². The maximum Gasteiger partial charge on any atom is 0.310 e. The van der Waals surface area contributed by atoms with E-state index in [2.05, 4.69) is 16.1 Å². The van der Waals surface area contributed by atoms with Crippen molar-refractivity contribution in [2.75, 3.05) is 0 Å². The largest absolute Gasteiger partial charge is 0.310 e. The Bertz CT molecular complexity index is 269. The Kier molecular flexibility index (Phi) is 1.10. The van der Waals surface area contributed by atoms with E-state index in [1.807, 2.05) is 18.2 Å². The number of benzene rings is 1. The molecule has 1 aromatic carbocycles. The summed E-state index contributed by atoms with van der Waals surface area (Å²) < 4.78 is 0. The highest BCUT2D eigenvalue weighted by molar-refractivity contribution is 6.18. The highest BCUT2D eigenvalue weighted by Gasteiger charge is 2.10. The third-order valence-corrected chi connectivity index (χ3v) is 1.30. The van der Waals surface area contributed by atoms with Gasteiger partial charge in [0.05, 0.1) is 17.3 Å². The monoisotopic (exact) mass is 129 g/mol. The van der Waals surface area contributed by atoms with E-state index < -0.39 is 0 Å². The second-order valence-corrected chi connectivity index (χ2v) is 1.96. The van der Waals surface area contributed by atoms with Crippen LogP contribution in [0.1, 0.15) is 0 Å². The molecule has 0 aliphatic carbocycles. The molecular weight excluding hydrogens is 124 g/mol. The topological polar surface area (TPSA) is 26.5 Å². The van der Waals surface area contributed by atoms with Gasteiger partial charge in [0.1, 0.15) is 5.69 Å². The highest BCUT2D eigenvalue weighted by Crippen LogP contribution is 2.22. The van der Waals surface area contributed by atoms with Gasteiger partial charge in [-0.3, -0.25) is 0 Å². The number of aliphatic imine (C=N–C) groups is 2. The molecule has 1 aliphatic heterocycles. The van der Waals surface area contributed by atoms with E-state index in [1.165, 1.54) is 0 Å².